The molecule has 1 heterocycles. The number of aromatic hydroxyl groups is 1. The van der Waals surface area contributed by atoms with Crippen molar-refractivity contribution in [2.24, 2.45) is 0 Å². The maximum atomic E-state index is 12.8. The number of amides is 1. The molecule has 6 heteroatoms. The fraction of sp³-hybridized carbons (Fsp3) is 0.143. The number of nitrogens with zero attached hydrogens (tertiary/aromatic N) is 1. The van der Waals surface area contributed by atoms with Gasteiger partial charge in [0, 0.05) is 5.56 Å². The van der Waals surface area contributed by atoms with Gasteiger partial charge in [0.05, 0.1) is 18.6 Å². The number of carbonyl (C=O) groups is 1. The van der Waals surface area contributed by atoms with E-state index in [9.17, 15) is 9.90 Å². The van der Waals surface area contributed by atoms with E-state index in [-0.39, 0.29) is 11.7 Å². The molecule has 0 atom stereocenters. The van der Waals surface area contributed by atoms with E-state index in [4.69, 9.17) is 17.0 Å². The number of phenolic OH excluding ortho intramolecular Hbond substituents is 1. The van der Waals surface area contributed by atoms with Crippen molar-refractivity contribution in [1.29, 1.82) is 0 Å². The lowest BCUT2D eigenvalue weighted by molar-refractivity contribution is -0.122. The SMILES string of the molecule is C=CCc1cc(/C=C2/SC(=S)N(Cc3ccccc3)C2=O)cc(OC)c1O. The zero-order valence-electron chi connectivity index (χ0n) is 14.8. The highest BCUT2D eigenvalue weighted by atomic mass is 32.2. The van der Waals surface area contributed by atoms with Gasteiger partial charge < -0.3 is 9.84 Å². The second-order valence-corrected chi connectivity index (χ2v) is 7.65. The van der Waals surface area contributed by atoms with Crippen molar-refractivity contribution in [2.45, 2.75) is 13.0 Å². The number of allylic oxidation sites excluding steroid dienone is 1. The smallest absolute Gasteiger partial charge is 0.266 e. The van der Waals surface area contributed by atoms with Gasteiger partial charge >= 0.3 is 0 Å². The van der Waals surface area contributed by atoms with Gasteiger partial charge in [-0.25, -0.2) is 0 Å². The van der Waals surface area contributed by atoms with Crippen molar-refractivity contribution in [2.75, 3.05) is 7.11 Å². The standard InChI is InChI=1S/C21H19NO3S2/c1-3-7-16-10-15(11-17(25-2)19(16)23)12-18-20(24)22(21(26)27-18)13-14-8-5-4-6-9-14/h3-6,8-12,23H,1,7,13H2,2H3/b18-12+. The fourth-order valence-electron chi connectivity index (χ4n) is 2.79. The molecule has 1 amide bonds. The summed E-state index contributed by atoms with van der Waals surface area (Å²) in [5, 5.41) is 10.2. The molecule has 1 saturated heterocycles. The maximum absolute atomic E-state index is 12.8. The predicted molar refractivity (Wildman–Crippen MR) is 114 cm³/mol. The minimum absolute atomic E-state index is 0.0891. The number of thioether (sulfide) groups is 1. The lowest BCUT2D eigenvalue weighted by atomic mass is 10.1. The Labute approximate surface area is 168 Å². The Morgan fingerprint density at radius 2 is 2.04 bits per heavy atom. The highest BCUT2D eigenvalue weighted by Crippen LogP contribution is 2.36. The molecule has 0 aromatic heterocycles. The number of benzene rings is 2. The van der Waals surface area contributed by atoms with Gasteiger partial charge in [0.15, 0.2) is 11.5 Å². The largest absolute Gasteiger partial charge is 0.504 e. The third-order valence-corrected chi connectivity index (χ3v) is 5.49. The van der Waals surface area contributed by atoms with Crippen LogP contribution in [0.15, 0.2) is 60.0 Å². The third-order valence-electron chi connectivity index (χ3n) is 4.12. The van der Waals surface area contributed by atoms with E-state index in [0.717, 1.165) is 11.1 Å². The average Bonchev–Trinajstić information content (AvgIpc) is 2.92. The number of ether oxygens (including phenoxy) is 1. The molecule has 1 fully saturated rings. The minimum atomic E-state index is -0.119. The second-order valence-electron chi connectivity index (χ2n) is 5.98. The Bertz CT molecular complexity index is 923. The molecule has 1 aliphatic heterocycles. The van der Waals surface area contributed by atoms with Gasteiger partial charge in [-0.3, -0.25) is 9.69 Å². The molecule has 0 bridgehead atoms. The van der Waals surface area contributed by atoms with Crippen molar-refractivity contribution >= 4 is 40.3 Å². The number of phenols is 1. The molecule has 27 heavy (non-hydrogen) atoms. The quantitative estimate of drug-likeness (QED) is 0.441. The summed E-state index contributed by atoms with van der Waals surface area (Å²) in [7, 11) is 1.50. The van der Waals surface area contributed by atoms with Gasteiger partial charge in [-0.15, -0.1) is 6.58 Å². The zero-order valence-corrected chi connectivity index (χ0v) is 16.5. The Morgan fingerprint density at radius 3 is 2.70 bits per heavy atom. The van der Waals surface area contributed by atoms with Crippen LogP contribution in [0.2, 0.25) is 0 Å². The monoisotopic (exact) mass is 397 g/mol. The first-order chi connectivity index (χ1) is 13.0. The van der Waals surface area contributed by atoms with Gasteiger partial charge in [0.1, 0.15) is 4.32 Å². The van der Waals surface area contributed by atoms with E-state index < -0.39 is 0 Å². The van der Waals surface area contributed by atoms with Crippen LogP contribution in [0.5, 0.6) is 11.5 Å². The molecule has 0 unspecified atom stereocenters. The normalized spacial score (nSPS) is 15.4. The number of rotatable bonds is 6. The molecule has 2 aromatic rings. The summed E-state index contributed by atoms with van der Waals surface area (Å²) in [6, 6.07) is 13.3. The van der Waals surface area contributed by atoms with E-state index in [1.807, 2.05) is 36.4 Å². The van der Waals surface area contributed by atoms with Crippen molar-refractivity contribution in [3.8, 4) is 11.5 Å². The summed E-state index contributed by atoms with van der Waals surface area (Å²) in [5.41, 5.74) is 2.48. The molecule has 138 valence electrons. The van der Waals surface area contributed by atoms with E-state index >= 15 is 0 Å². The van der Waals surface area contributed by atoms with Crippen molar-refractivity contribution in [3.05, 3.63) is 76.7 Å². The van der Waals surface area contributed by atoms with Crippen LogP contribution in [0, 0.1) is 0 Å². The van der Waals surface area contributed by atoms with E-state index in [1.54, 1.807) is 23.1 Å². The Morgan fingerprint density at radius 1 is 1.30 bits per heavy atom. The molecular weight excluding hydrogens is 378 g/mol. The molecule has 0 saturated carbocycles. The molecule has 1 aliphatic rings. The van der Waals surface area contributed by atoms with Crippen LogP contribution in [-0.2, 0) is 17.8 Å². The van der Waals surface area contributed by atoms with Crippen LogP contribution in [0.3, 0.4) is 0 Å². The van der Waals surface area contributed by atoms with Crippen LogP contribution < -0.4 is 4.74 Å². The van der Waals surface area contributed by atoms with Crippen LogP contribution >= 0.6 is 24.0 Å². The lowest BCUT2D eigenvalue weighted by Crippen LogP contribution is -2.27. The van der Waals surface area contributed by atoms with Crippen LogP contribution in [0.25, 0.3) is 6.08 Å². The number of methoxy groups -OCH3 is 1. The van der Waals surface area contributed by atoms with Crippen LogP contribution in [0.1, 0.15) is 16.7 Å². The maximum Gasteiger partial charge on any atom is 0.266 e. The summed E-state index contributed by atoms with van der Waals surface area (Å²) in [6.45, 7) is 4.16. The van der Waals surface area contributed by atoms with Crippen molar-refractivity contribution in [3.63, 3.8) is 0 Å². The summed E-state index contributed by atoms with van der Waals surface area (Å²) in [5.74, 6) is 0.331. The highest BCUT2D eigenvalue weighted by molar-refractivity contribution is 8.26. The number of hydrogen-bond donors (Lipinski definition) is 1. The predicted octanol–water partition coefficient (Wildman–Crippen LogP) is 4.53. The molecule has 4 nitrogen and oxygen atoms in total. The highest BCUT2D eigenvalue weighted by Gasteiger charge is 2.32. The van der Waals surface area contributed by atoms with Gasteiger partial charge in [-0.1, -0.05) is 60.4 Å². The Balaban J connectivity index is 1.89. The van der Waals surface area contributed by atoms with Gasteiger partial charge in [-0.05, 0) is 35.8 Å². The first-order valence-corrected chi connectivity index (χ1v) is 9.56. The van der Waals surface area contributed by atoms with Crippen molar-refractivity contribution < 1.29 is 14.6 Å². The number of carbonyl (C=O) groups excluding carboxylic acids is 1. The molecule has 2 aromatic carbocycles. The Kier molecular flexibility index (Phi) is 5.98. The second kappa shape index (κ2) is 8.41. The van der Waals surface area contributed by atoms with E-state index in [0.29, 0.717) is 33.5 Å². The summed E-state index contributed by atoms with van der Waals surface area (Å²) >= 11 is 6.67. The number of thiocarbonyl (C=S) groups is 1. The Hall–Kier alpha value is -2.57. The fourth-order valence-corrected chi connectivity index (χ4v) is 4.05. The first kappa shape index (κ1) is 19.2. The van der Waals surface area contributed by atoms with Crippen molar-refractivity contribution in [1.82, 2.24) is 4.90 Å². The first-order valence-electron chi connectivity index (χ1n) is 8.33. The molecule has 0 radical (unpaired) electrons. The summed E-state index contributed by atoms with van der Waals surface area (Å²) in [4.78, 5) is 15.0. The average molecular weight is 398 g/mol. The minimum Gasteiger partial charge on any atom is -0.504 e. The molecule has 0 spiro atoms. The third kappa shape index (κ3) is 4.23. The lowest BCUT2D eigenvalue weighted by Gasteiger charge is -2.14. The molecule has 1 N–H and O–H groups in total. The van der Waals surface area contributed by atoms with Crippen LogP contribution in [0.4, 0.5) is 0 Å². The summed E-state index contributed by atoms with van der Waals surface area (Å²) < 4.78 is 5.78. The number of hydrogen-bond acceptors (Lipinski definition) is 5. The van der Waals surface area contributed by atoms with Gasteiger partial charge in [-0.2, -0.15) is 0 Å². The molecule has 3 rings (SSSR count). The van der Waals surface area contributed by atoms with Gasteiger partial charge in [0.25, 0.3) is 5.91 Å². The van der Waals surface area contributed by atoms with Crippen LogP contribution in [-0.4, -0.2) is 27.3 Å². The molecule has 0 aliphatic carbocycles. The van der Waals surface area contributed by atoms with E-state index in [1.165, 1.54) is 18.9 Å². The summed E-state index contributed by atoms with van der Waals surface area (Å²) in [6.07, 6.45) is 3.98. The topological polar surface area (TPSA) is 49.8 Å². The zero-order chi connectivity index (χ0) is 19.4. The molecular formula is C21H19NO3S2. The van der Waals surface area contributed by atoms with Gasteiger partial charge in [0.2, 0.25) is 0 Å². The van der Waals surface area contributed by atoms with E-state index in [2.05, 4.69) is 6.58 Å².